The molecule has 1 atom stereocenters. The molecule has 0 bridgehead atoms. The van der Waals surface area contributed by atoms with E-state index >= 15 is 4.39 Å². The summed E-state index contributed by atoms with van der Waals surface area (Å²) < 4.78 is 44.9. The van der Waals surface area contributed by atoms with Crippen molar-refractivity contribution in [2.45, 2.75) is 31.8 Å². The molecular formula is C19H22FN3O4. The van der Waals surface area contributed by atoms with Crippen LogP contribution in [-0.4, -0.2) is 48.4 Å². The van der Waals surface area contributed by atoms with Gasteiger partial charge in [0.25, 0.3) is 0 Å². The normalized spacial score (nSPS) is 22.2. The number of pyridine rings is 1. The number of aromatic carboxylic acids is 1. The summed E-state index contributed by atoms with van der Waals surface area (Å²) in [6, 6.07) is 0.928. The van der Waals surface area contributed by atoms with Gasteiger partial charge in [-0.3, -0.25) is 4.79 Å². The van der Waals surface area contributed by atoms with Crippen molar-refractivity contribution in [3.8, 4) is 5.75 Å². The molecule has 2 heterocycles. The highest BCUT2D eigenvalue weighted by molar-refractivity contribution is 5.97. The van der Waals surface area contributed by atoms with Gasteiger partial charge in [0.1, 0.15) is 11.3 Å². The van der Waals surface area contributed by atoms with Crippen LogP contribution in [0.2, 0.25) is 0 Å². The predicted octanol–water partition coefficient (Wildman–Crippen LogP) is 1.98. The zero-order valence-corrected chi connectivity index (χ0v) is 14.8. The van der Waals surface area contributed by atoms with Crippen molar-refractivity contribution in [1.82, 2.24) is 9.88 Å². The maximum absolute atomic E-state index is 15.3. The minimum absolute atomic E-state index is 0.0242. The maximum atomic E-state index is 15.3. The highest BCUT2D eigenvalue weighted by Crippen LogP contribution is 2.43. The summed E-state index contributed by atoms with van der Waals surface area (Å²) in [6.07, 6.45) is 2.68. The highest BCUT2D eigenvalue weighted by Gasteiger charge is 2.32. The van der Waals surface area contributed by atoms with Gasteiger partial charge in [-0.05, 0) is 25.8 Å². The summed E-state index contributed by atoms with van der Waals surface area (Å²) in [5.74, 6) is -2.49. The lowest BCUT2D eigenvalue weighted by Crippen LogP contribution is -2.49. The lowest BCUT2D eigenvalue weighted by atomic mass is 10.1. The van der Waals surface area contributed by atoms with Gasteiger partial charge in [-0.1, -0.05) is 0 Å². The number of hydrogen-bond donors (Lipinski definition) is 2. The number of carboxylic acid groups (broad SMARTS) is 1. The van der Waals surface area contributed by atoms with Crippen LogP contribution in [0.25, 0.3) is 10.9 Å². The van der Waals surface area contributed by atoms with Crippen molar-refractivity contribution in [3.05, 3.63) is 33.9 Å². The van der Waals surface area contributed by atoms with Crippen LogP contribution in [0.5, 0.6) is 5.75 Å². The van der Waals surface area contributed by atoms with Crippen LogP contribution in [0.3, 0.4) is 0 Å². The Morgan fingerprint density at radius 3 is 2.89 bits per heavy atom. The molecule has 144 valence electrons. The van der Waals surface area contributed by atoms with Gasteiger partial charge in [0.15, 0.2) is 11.6 Å². The second-order valence-corrected chi connectivity index (χ2v) is 7.15. The first-order chi connectivity index (χ1) is 14.1. The standard InChI is InChI=1S/C19H22FN3O4/c1-10-8-22(6-5-21-10)16-14(20)7-12-15(18(16)27-2)23(11-3-4-11)9-13(17(12)24)19(25)26/h7,9-11,21H,3-6,8H2,1-2H3,(H,25,26)/i2D3. The molecule has 2 aliphatic rings. The number of fused-ring (bicyclic) bond motifs is 1. The van der Waals surface area contributed by atoms with Crippen LogP contribution >= 0.6 is 0 Å². The third kappa shape index (κ3) is 2.93. The molecule has 7 nitrogen and oxygen atoms in total. The van der Waals surface area contributed by atoms with Crippen LogP contribution in [0, 0.1) is 5.82 Å². The fourth-order valence-electron chi connectivity index (χ4n) is 3.76. The zero-order chi connectivity index (χ0) is 21.8. The van der Waals surface area contributed by atoms with Crippen molar-refractivity contribution in [2.24, 2.45) is 0 Å². The Kier molecular flexibility index (Phi) is 3.49. The Bertz CT molecular complexity index is 1080. The minimum Gasteiger partial charge on any atom is -0.492 e. The van der Waals surface area contributed by atoms with Gasteiger partial charge >= 0.3 is 5.97 Å². The summed E-state index contributed by atoms with van der Waals surface area (Å²) >= 11 is 0. The largest absolute Gasteiger partial charge is 0.492 e. The molecule has 27 heavy (non-hydrogen) atoms. The number of carbonyl (C=O) groups is 1. The Morgan fingerprint density at radius 1 is 1.48 bits per heavy atom. The van der Waals surface area contributed by atoms with E-state index < -0.39 is 29.8 Å². The van der Waals surface area contributed by atoms with E-state index in [0.29, 0.717) is 19.6 Å². The molecule has 2 fully saturated rings. The molecular weight excluding hydrogens is 353 g/mol. The number of ether oxygens (including phenoxy) is 1. The Balaban J connectivity index is 2.07. The van der Waals surface area contributed by atoms with E-state index in [1.807, 2.05) is 6.92 Å². The lowest BCUT2D eigenvalue weighted by Gasteiger charge is -2.35. The number of methoxy groups -OCH3 is 1. The molecule has 1 unspecified atom stereocenters. The average Bonchev–Trinajstić information content (AvgIpc) is 3.46. The third-order valence-corrected chi connectivity index (χ3v) is 5.16. The molecule has 1 aliphatic heterocycles. The fraction of sp³-hybridized carbons (Fsp3) is 0.474. The van der Waals surface area contributed by atoms with Crippen molar-refractivity contribution in [2.75, 3.05) is 31.6 Å². The molecule has 2 aromatic rings. The van der Waals surface area contributed by atoms with E-state index in [9.17, 15) is 14.7 Å². The van der Waals surface area contributed by atoms with Gasteiger partial charge < -0.3 is 24.6 Å². The second-order valence-electron chi connectivity index (χ2n) is 7.15. The van der Waals surface area contributed by atoms with Crippen LogP contribution in [0.1, 0.15) is 40.3 Å². The summed E-state index contributed by atoms with van der Waals surface area (Å²) in [7, 11) is -2.88. The number of nitrogens with one attached hydrogen (secondary N) is 1. The Labute approximate surface area is 159 Å². The summed E-state index contributed by atoms with van der Waals surface area (Å²) in [5, 5.41) is 12.5. The van der Waals surface area contributed by atoms with E-state index in [4.69, 9.17) is 8.85 Å². The molecule has 1 saturated heterocycles. The molecule has 0 amide bonds. The first-order valence-electron chi connectivity index (χ1n) is 10.4. The number of nitrogens with zero attached hydrogens (tertiary/aromatic N) is 2. The molecule has 0 radical (unpaired) electrons. The average molecular weight is 378 g/mol. The number of carboxylic acids is 1. The van der Waals surface area contributed by atoms with Crippen molar-refractivity contribution >= 4 is 22.6 Å². The quantitative estimate of drug-likeness (QED) is 0.847. The van der Waals surface area contributed by atoms with E-state index in [-0.39, 0.29) is 34.4 Å². The van der Waals surface area contributed by atoms with Crippen LogP contribution < -0.4 is 20.4 Å². The predicted molar refractivity (Wildman–Crippen MR) is 99.6 cm³/mol. The molecule has 4 rings (SSSR count). The molecule has 1 saturated carbocycles. The summed E-state index contributed by atoms with van der Waals surface area (Å²) in [4.78, 5) is 26.1. The number of piperazine rings is 1. The molecule has 1 aromatic heterocycles. The van der Waals surface area contributed by atoms with Gasteiger partial charge in [-0.2, -0.15) is 0 Å². The van der Waals surface area contributed by atoms with Gasteiger partial charge in [-0.15, -0.1) is 0 Å². The second kappa shape index (κ2) is 6.53. The Hall–Kier alpha value is -2.61. The van der Waals surface area contributed by atoms with E-state index in [0.717, 1.165) is 18.9 Å². The number of aromatic nitrogens is 1. The smallest absolute Gasteiger partial charge is 0.341 e. The highest BCUT2D eigenvalue weighted by atomic mass is 19.1. The van der Waals surface area contributed by atoms with Gasteiger partial charge in [0.2, 0.25) is 5.43 Å². The third-order valence-electron chi connectivity index (χ3n) is 5.16. The van der Waals surface area contributed by atoms with Crippen molar-refractivity contribution < 1.29 is 23.1 Å². The molecule has 8 heteroatoms. The SMILES string of the molecule is [2H]C([2H])([2H])Oc1c(N2CCNC(C)C2)c(F)cc2c(=O)c(C(=O)O)cn(C3CC3)c12. The maximum Gasteiger partial charge on any atom is 0.341 e. The molecule has 1 aliphatic carbocycles. The fourth-order valence-corrected chi connectivity index (χ4v) is 3.76. The van der Waals surface area contributed by atoms with Gasteiger partial charge in [-0.25, -0.2) is 9.18 Å². The van der Waals surface area contributed by atoms with Gasteiger partial charge in [0, 0.05) is 37.9 Å². The summed E-state index contributed by atoms with van der Waals surface area (Å²) in [6.45, 7) is 3.33. The van der Waals surface area contributed by atoms with E-state index in [2.05, 4.69) is 5.32 Å². The topological polar surface area (TPSA) is 83.8 Å². The van der Waals surface area contributed by atoms with Crippen LogP contribution in [-0.2, 0) is 0 Å². The Morgan fingerprint density at radius 2 is 2.26 bits per heavy atom. The lowest BCUT2D eigenvalue weighted by molar-refractivity contribution is 0.0695. The van der Waals surface area contributed by atoms with Crippen LogP contribution in [0.4, 0.5) is 10.1 Å². The minimum atomic E-state index is -2.88. The number of halogens is 1. The van der Waals surface area contributed by atoms with Crippen molar-refractivity contribution in [1.29, 1.82) is 0 Å². The van der Waals surface area contributed by atoms with E-state index in [1.54, 1.807) is 9.47 Å². The molecule has 2 N–H and O–H groups in total. The molecule has 0 spiro atoms. The number of hydrogen-bond acceptors (Lipinski definition) is 5. The molecule has 1 aromatic carbocycles. The summed E-state index contributed by atoms with van der Waals surface area (Å²) in [5.41, 5.74) is -1.27. The first kappa shape index (κ1) is 14.4. The van der Waals surface area contributed by atoms with Gasteiger partial charge in [0.05, 0.1) is 22.1 Å². The first-order valence-corrected chi connectivity index (χ1v) is 8.89. The number of benzene rings is 1. The number of rotatable bonds is 4. The zero-order valence-electron chi connectivity index (χ0n) is 17.8. The van der Waals surface area contributed by atoms with Crippen molar-refractivity contribution in [3.63, 3.8) is 0 Å². The van der Waals surface area contributed by atoms with E-state index in [1.165, 1.54) is 6.20 Å². The monoisotopic (exact) mass is 378 g/mol. The van der Waals surface area contributed by atoms with Crippen LogP contribution in [0.15, 0.2) is 17.1 Å². The number of anilines is 1.